The van der Waals surface area contributed by atoms with Crippen molar-refractivity contribution >= 4 is 27.5 Å². The summed E-state index contributed by atoms with van der Waals surface area (Å²) in [4.78, 5) is 24.8. The number of para-hydroxylation sites is 1. The summed E-state index contributed by atoms with van der Waals surface area (Å²) in [5.74, 6) is -0.809. The third-order valence-electron chi connectivity index (χ3n) is 4.49. The number of anilines is 1. The van der Waals surface area contributed by atoms with E-state index < -0.39 is 15.9 Å². The summed E-state index contributed by atoms with van der Waals surface area (Å²) >= 11 is 0. The van der Waals surface area contributed by atoms with E-state index in [1.807, 2.05) is 18.2 Å². The Balaban J connectivity index is 1.51. The molecule has 0 atom stereocenters. The van der Waals surface area contributed by atoms with Crippen LogP contribution in [0.25, 0.3) is 0 Å². The second-order valence-electron chi connectivity index (χ2n) is 6.33. The molecule has 1 heterocycles. The monoisotopic (exact) mass is 392 g/mol. The lowest BCUT2D eigenvalue weighted by molar-refractivity contribution is 0.0864. The first-order chi connectivity index (χ1) is 13.5. The van der Waals surface area contributed by atoms with Crippen LogP contribution in [0.5, 0.6) is 0 Å². The number of carbonyl (C=O) groups excluding carboxylic acids is 2. The lowest BCUT2D eigenvalue weighted by Gasteiger charge is -2.15. The summed E-state index contributed by atoms with van der Waals surface area (Å²) in [5, 5.41) is 2.78. The van der Waals surface area contributed by atoms with Crippen LogP contribution in [0, 0.1) is 0 Å². The fourth-order valence-electron chi connectivity index (χ4n) is 3.04. The molecule has 0 aromatic heterocycles. The Labute approximate surface area is 162 Å². The Kier molecular flexibility index (Phi) is 4.44. The number of nitrogens with zero attached hydrogens (tertiary/aromatic N) is 1. The van der Waals surface area contributed by atoms with Gasteiger partial charge in [-0.3, -0.25) is 9.59 Å². The first kappa shape index (κ1) is 17.9. The second kappa shape index (κ2) is 6.94. The number of fused-ring (bicyclic) bond motifs is 1. The maximum absolute atomic E-state index is 12.6. The lowest BCUT2D eigenvalue weighted by Crippen LogP contribution is -2.29. The Morgan fingerprint density at radius 2 is 1.50 bits per heavy atom. The minimum atomic E-state index is -3.86. The van der Waals surface area contributed by atoms with E-state index >= 15 is 0 Å². The van der Waals surface area contributed by atoms with Gasteiger partial charge in [-0.15, -0.1) is 0 Å². The Morgan fingerprint density at radius 3 is 2.18 bits per heavy atom. The first-order valence-corrected chi connectivity index (χ1v) is 10.0. The Bertz CT molecular complexity index is 1160. The van der Waals surface area contributed by atoms with E-state index in [-0.39, 0.29) is 22.9 Å². The van der Waals surface area contributed by atoms with Crippen molar-refractivity contribution < 1.29 is 18.0 Å². The van der Waals surface area contributed by atoms with Gasteiger partial charge in [0, 0.05) is 11.3 Å². The van der Waals surface area contributed by atoms with Gasteiger partial charge in [0.15, 0.2) is 0 Å². The molecule has 0 saturated carbocycles. The number of sulfonamides is 1. The molecule has 1 N–H and O–H groups in total. The zero-order valence-electron chi connectivity index (χ0n) is 14.7. The molecule has 4 rings (SSSR count). The van der Waals surface area contributed by atoms with Crippen LogP contribution >= 0.6 is 0 Å². The largest absolute Gasteiger partial charge is 0.322 e. The van der Waals surface area contributed by atoms with E-state index in [1.165, 1.54) is 12.1 Å². The normalized spacial score (nSPS) is 14.6. The average Bonchev–Trinajstić information content (AvgIpc) is 2.90. The Hall–Kier alpha value is -3.45. The van der Waals surface area contributed by atoms with Crippen molar-refractivity contribution in [1.29, 1.82) is 0 Å². The fraction of sp³-hybridized carbons (Fsp3) is 0.0476. The van der Waals surface area contributed by atoms with Gasteiger partial charge in [-0.05, 0) is 42.0 Å². The van der Waals surface area contributed by atoms with E-state index in [4.69, 9.17) is 0 Å². The van der Waals surface area contributed by atoms with Crippen molar-refractivity contribution in [2.75, 3.05) is 5.32 Å². The molecule has 0 spiro atoms. The molecule has 0 aliphatic carbocycles. The van der Waals surface area contributed by atoms with Crippen molar-refractivity contribution in [3.63, 3.8) is 0 Å². The molecule has 0 bridgehead atoms. The number of hydrogen-bond acceptors (Lipinski definition) is 4. The van der Waals surface area contributed by atoms with Gasteiger partial charge in [-0.25, -0.2) is 12.7 Å². The third kappa shape index (κ3) is 3.16. The standard InChI is InChI=1S/C21H16N2O4S/c24-20(22-17-6-2-1-3-7-17)16-12-10-15(11-13-16)14-23-21(25)18-8-4-5-9-19(18)28(23,26)27/h1-13H,14H2,(H,22,24). The minimum absolute atomic E-state index is 0.0267. The lowest BCUT2D eigenvalue weighted by atomic mass is 10.1. The van der Waals surface area contributed by atoms with Gasteiger partial charge in [0.1, 0.15) is 4.90 Å². The van der Waals surface area contributed by atoms with Gasteiger partial charge in [0.05, 0.1) is 12.1 Å². The molecule has 3 aromatic rings. The molecule has 0 saturated heterocycles. The molecule has 1 aliphatic rings. The number of rotatable bonds is 4. The smallest absolute Gasteiger partial charge is 0.269 e. The number of carbonyl (C=O) groups is 2. The van der Waals surface area contributed by atoms with E-state index in [1.54, 1.807) is 48.5 Å². The molecular weight excluding hydrogens is 376 g/mol. The highest BCUT2D eigenvalue weighted by Crippen LogP contribution is 2.31. The predicted octanol–water partition coefficient (Wildman–Crippen LogP) is 3.28. The Morgan fingerprint density at radius 1 is 0.857 bits per heavy atom. The number of hydrogen-bond donors (Lipinski definition) is 1. The van der Waals surface area contributed by atoms with E-state index in [0.717, 1.165) is 4.31 Å². The highest BCUT2D eigenvalue weighted by molar-refractivity contribution is 7.90. The highest BCUT2D eigenvalue weighted by Gasteiger charge is 2.40. The first-order valence-electron chi connectivity index (χ1n) is 8.58. The van der Waals surface area contributed by atoms with Crippen molar-refractivity contribution in [3.8, 4) is 0 Å². The van der Waals surface area contributed by atoms with E-state index in [9.17, 15) is 18.0 Å². The summed E-state index contributed by atoms with van der Waals surface area (Å²) in [5.41, 5.74) is 1.91. The van der Waals surface area contributed by atoms with Crippen LogP contribution in [0.3, 0.4) is 0 Å². The van der Waals surface area contributed by atoms with Crippen LogP contribution in [-0.4, -0.2) is 24.5 Å². The molecule has 0 radical (unpaired) electrons. The quantitative estimate of drug-likeness (QED) is 0.739. The SMILES string of the molecule is O=C(Nc1ccccc1)c1ccc(CN2C(=O)c3ccccc3S2(=O)=O)cc1. The fourth-order valence-corrected chi connectivity index (χ4v) is 4.60. The van der Waals surface area contributed by atoms with Gasteiger partial charge < -0.3 is 5.32 Å². The topological polar surface area (TPSA) is 83.6 Å². The van der Waals surface area contributed by atoms with Crippen LogP contribution < -0.4 is 5.32 Å². The summed E-state index contributed by atoms with van der Waals surface area (Å²) in [6, 6.07) is 21.7. The molecule has 6 nitrogen and oxygen atoms in total. The minimum Gasteiger partial charge on any atom is -0.322 e. The highest BCUT2D eigenvalue weighted by atomic mass is 32.2. The van der Waals surface area contributed by atoms with Crippen molar-refractivity contribution in [2.24, 2.45) is 0 Å². The van der Waals surface area contributed by atoms with Gasteiger partial charge in [0.25, 0.3) is 21.8 Å². The second-order valence-corrected chi connectivity index (χ2v) is 8.16. The summed E-state index contributed by atoms with van der Waals surface area (Å²) < 4.78 is 26.1. The van der Waals surface area contributed by atoms with Gasteiger partial charge in [-0.1, -0.05) is 42.5 Å². The number of amides is 2. The van der Waals surface area contributed by atoms with Crippen molar-refractivity contribution in [2.45, 2.75) is 11.4 Å². The number of nitrogens with one attached hydrogen (secondary N) is 1. The van der Waals surface area contributed by atoms with Gasteiger partial charge in [-0.2, -0.15) is 0 Å². The van der Waals surface area contributed by atoms with Crippen molar-refractivity contribution in [1.82, 2.24) is 4.31 Å². The summed E-state index contributed by atoms with van der Waals surface area (Å²) in [6.45, 7) is -0.0869. The molecule has 0 unspecified atom stereocenters. The number of benzene rings is 3. The molecule has 28 heavy (non-hydrogen) atoms. The van der Waals surface area contributed by atoms with Crippen LogP contribution in [0.15, 0.2) is 83.8 Å². The molecule has 140 valence electrons. The zero-order valence-corrected chi connectivity index (χ0v) is 15.5. The average molecular weight is 392 g/mol. The molecule has 1 aliphatic heterocycles. The van der Waals surface area contributed by atoms with Crippen LogP contribution in [0.4, 0.5) is 5.69 Å². The van der Waals surface area contributed by atoms with Gasteiger partial charge in [0.2, 0.25) is 0 Å². The van der Waals surface area contributed by atoms with Gasteiger partial charge >= 0.3 is 0 Å². The van der Waals surface area contributed by atoms with Crippen LogP contribution in [0.2, 0.25) is 0 Å². The van der Waals surface area contributed by atoms with E-state index in [2.05, 4.69) is 5.32 Å². The molecule has 3 aromatic carbocycles. The summed E-state index contributed by atoms with van der Waals surface area (Å²) in [6.07, 6.45) is 0. The zero-order chi connectivity index (χ0) is 19.7. The summed E-state index contributed by atoms with van der Waals surface area (Å²) in [7, 11) is -3.86. The predicted molar refractivity (Wildman–Crippen MR) is 104 cm³/mol. The van der Waals surface area contributed by atoms with Crippen molar-refractivity contribution in [3.05, 3.63) is 95.6 Å². The molecule has 7 heteroatoms. The molecule has 2 amide bonds. The van der Waals surface area contributed by atoms with E-state index in [0.29, 0.717) is 16.8 Å². The maximum atomic E-state index is 12.6. The van der Waals surface area contributed by atoms with Crippen LogP contribution in [0.1, 0.15) is 26.3 Å². The molecular formula is C21H16N2O4S. The van der Waals surface area contributed by atoms with Crippen LogP contribution in [-0.2, 0) is 16.6 Å². The maximum Gasteiger partial charge on any atom is 0.269 e. The molecule has 0 fully saturated rings. The third-order valence-corrected chi connectivity index (χ3v) is 6.27.